The van der Waals surface area contributed by atoms with Crippen molar-refractivity contribution in [3.63, 3.8) is 0 Å². The maximum Gasteiger partial charge on any atom is 0.151 e. The molecular formula is C17H20ClN3O2. The Morgan fingerprint density at radius 1 is 1.04 bits per heavy atom. The SMILES string of the molecule is O=Cc1ccc(OCCCCCNCc2ccc(Cl)nn2)cc1. The molecule has 0 saturated heterocycles. The summed E-state index contributed by atoms with van der Waals surface area (Å²) < 4.78 is 5.63. The molecule has 23 heavy (non-hydrogen) atoms. The first-order valence-electron chi connectivity index (χ1n) is 7.65. The van der Waals surface area contributed by atoms with E-state index in [9.17, 15) is 4.79 Å². The first-order chi connectivity index (χ1) is 11.3. The zero-order valence-corrected chi connectivity index (χ0v) is 13.6. The van der Waals surface area contributed by atoms with E-state index in [0.717, 1.165) is 43.5 Å². The van der Waals surface area contributed by atoms with Crippen molar-refractivity contribution >= 4 is 17.9 Å². The number of nitrogens with one attached hydrogen (secondary N) is 1. The average Bonchev–Trinajstić information content (AvgIpc) is 2.59. The Kier molecular flexibility index (Phi) is 7.49. The van der Waals surface area contributed by atoms with Gasteiger partial charge in [0.15, 0.2) is 5.15 Å². The zero-order valence-electron chi connectivity index (χ0n) is 12.9. The van der Waals surface area contributed by atoms with Gasteiger partial charge in [-0.05, 0) is 62.2 Å². The topological polar surface area (TPSA) is 64.1 Å². The van der Waals surface area contributed by atoms with Gasteiger partial charge in [-0.1, -0.05) is 11.6 Å². The molecule has 0 spiro atoms. The summed E-state index contributed by atoms with van der Waals surface area (Å²) in [6.45, 7) is 2.31. The minimum Gasteiger partial charge on any atom is -0.494 e. The first-order valence-corrected chi connectivity index (χ1v) is 8.02. The summed E-state index contributed by atoms with van der Waals surface area (Å²) in [4.78, 5) is 10.5. The van der Waals surface area contributed by atoms with Gasteiger partial charge in [0.2, 0.25) is 0 Å². The lowest BCUT2D eigenvalue weighted by Gasteiger charge is -2.07. The highest BCUT2D eigenvalue weighted by Crippen LogP contribution is 2.11. The number of nitrogens with zero attached hydrogens (tertiary/aromatic N) is 2. The summed E-state index contributed by atoms with van der Waals surface area (Å²) in [6, 6.07) is 10.8. The van der Waals surface area contributed by atoms with E-state index in [1.807, 2.05) is 18.2 Å². The highest BCUT2D eigenvalue weighted by atomic mass is 35.5. The maximum atomic E-state index is 10.5. The summed E-state index contributed by atoms with van der Waals surface area (Å²) in [7, 11) is 0. The normalized spacial score (nSPS) is 10.5. The van der Waals surface area contributed by atoms with Gasteiger partial charge in [0.1, 0.15) is 12.0 Å². The van der Waals surface area contributed by atoms with Crippen molar-refractivity contribution in [2.75, 3.05) is 13.2 Å². The fraction of sp³-hybridized carbons (Fsp3) is 0.353. The molecule has 0 atom stereocenters. The molecule has 6 heteroatoms. The zero-order chi connectivity index (χ0) is 16.3. The van der Waals surface area contributed by atoms with Crippen LogP contribution in [0, 0.1) is 0 Å². The van der Waals surface area contributed by atoms with Crippen molar-refractivity contribution in [2.24, 2.45) is 0 Å². The van der Waals surface area contributed by atoms with Crippen LogP contribution in [0.15, 0.2) is 36.4 Å². The molecule has 0 aliphatic heterocycles. The number of carbonyl (C=O) groups is 1. The van der Waals surface area contributed by atoms with Gasteiger partial charge < -0.3 is 10.1 Å². The molecule has 2 rings (SSSR count). The molecule has 122 valence electrons. The second-order valence-electron chi connectivity index (χ2n) is 5.12. The summed E-state index contributed by atoms with van der Waals surface area (Å²) >= 11 is 5.68. The Balaban J connectivity index is 1.49. The van der Waals surface area contributed by atoms with Crippen LogP contribution in [0.2, 0.25) is 5.15 Å². The molecular weight excluding hydrogens is 314 g/mol. The van der Waals surface area contributed by atoms with E-state index < -0.39 is 0 Å². The first kappa shape index (κ1) is 17.4. The number of unbranched alkanes of at least 4 members (excludes halogenated alkanes) is 2. The smallest absolute Gasteiger partial charge is 0.151 e. The lowest BCUT2D eigenvalue weighted by atomic mass is 10.2. The number of halogens is 1. The van der Waals surface area contributed by atoms with Crippen LogP contribution in [0.5, 0.6) is 5.75 Å². The molecule has 1 N–H and O–H groups in total. The Morgan fingerprint density at radius 2 is 1.87 bits per heavy atom. The Bertz CT molecular complexity index is 588. The molecule has 0 unspecified atom stereocenters. The maximum absolute atomic E-state index is 10.5. The van der Waals surface area contributed by atoms with E-state index in [4.69, 9.17) is 16.3 Å². The van der Waals surface area contributed by atoms with E-state index in [2.05, 4.69) is 15.5 Å². The molecule has 1 aromatic heterocycles. The van der Waals surface area contributed by atoms with E-state index >= 15 is 0 Å². The predicted octanol–water partition coefficient (Wildman–Crippen LogP) is 3.28. The lowest BCUT2D eigenvalue weighted by Crippen LogP contribution is -2.16. The molecule has 0 aliphatic rings. The van der Waals surface area contributed by atoms with Gasteiger partial charge in [-0.25, -0.2) is 0 Å². The lowest BCUT2D eigenvalue weighted by molar-refractivity contribution is 0.112. The highest BCUT2D eigenvalue weighted by molar-refractivity contribution is 6.29. The third-order valence-corrected chi connectivity index (χ3v) is 3.48. The van der Waals surface area contributed by atoms with Crippen LogP contribution in [0.25, 0.3) is 0 Å². The summed E-state index contributed by atoms with van der Waals surface area (Å²) in [5.41, 5.74) is 1.55. The van der Waals surface area contributed by atoms with Crippen LogP contribution in [-0.4, -0.2) is 29.6 Å². The number of ether oxygens (including phenoxy) is 1. The number of carbonyl (C=O) groups excluding carboxylic acids is 1. The van der Waals surface area contributed by atoms with Crippen LogP contribution in [0.1, 0.15) is 35.3 Å². The molecule has 5 nitrogen and oxygen atoms in total. The third-order valence-electron chi connectivity index (χ3n) is 3.28. The van der Waals surface area contributed by atoms with Crippen molar-refractivity contribution in [3.8, 4) is 5.75 Å². The number of benzene rings is 1. The molecule has 1 heterocycles. The summed E-state index contributed by atoms with van der Waals surface area (Å²) in [5, 5.41) is 11.5. The van der Waals surface area contributed by atoms with Crippen molar-refractivity contribution in [1.29, 1.82) is 0 Å². The van der Waals surface area contributed by atoms with Crippen molar-refractivity contribution < 1.29 is 9.53 Å². The van der Waals surface area contributed by atoms with E-state index in [1.54, 1.807) is 18.2 Å². The molecule has 2 aromatic rings. The molecule has 1 aromatic carbocycles. The Morgan fingerprint density at radius 3 is 2.57 bits per heavy atom. The van der Waals surface area contributed by atoms with Crippen LogP contribution < -0.4 is 10.1 Å². The second-order valence-corrected chi connectivity index (χ2v) is 5.51. The third kappa shape index (κ3) is 6.76. The van der Waals surface area contributed by atoms with Crippen molar-refractivity contribution in [2.45, 2.75) is 25.8 Å². The molecule has 0 fully saturated rings. The molecule has 0 aliphatic carbocycles. The van der Waals surface area contributed by atoms with Crippen LogP contribution in [-0.2, 0) is 6.54 Å². The van der Waals surface area contributed by atoms with Gasteiger partial charge in [0.25, 0.3) is 0 Å². The number of rotatable bonds is 10. The number of aldehydes is 1. The van der Waals surface area contributed by atoms with Crippen LogP contribution >= 0.6 is 11.6 Å². The Labute approximate surface area is 141 Å². The molecule has 0 radical (unpaired) electrons. The summed E-state index contributed by atoms with van der Waals surface area (Å²) in [5.74, 6) is 0.801. The minimum absolute atomic E-state index is 0.412. The minimum atomic E-state index is 0.412. The van der Waals surface area contributed by atoms with E-state index in [0.29, 0.717) is 23.9 Å². The van der Waals surface area contributed by atoms with E-state index in [-0.39, 0.29) is 0 Å². The summed E-state index contributed by atoms with van der Waals surface area (Å²) in [6.07, 6.45) is 3.99. The van der Waals surface area contributed by atoms with Crippen molar-refractivity contribution in [1.82, 2.24) is 15.5 Å². The largest absolute Gasteiger partial charge is 0.494 e. The number of hydrogen-bond donors (Lipinski definition) is 1. The van der Waals surface area contributed by atoms with Gasteiger partial charge in [0, 0.05) is 12.1 Å². The standard InChI is InChI=1S/C17H20ClN3O2/c18-17-9-6-15(20-21-17)12-19-10-2-1-3-11-23-16-7-4-14(13-22)5-8-16/h4-9,13,19H,1-3,10-12H2. The van der Waals surface area contributed by atoms with Crippen LogP contribution in [0.3, 0.4) is 0 Å². The molecule has 0 bridgehead atoms. The number of hydrogen-bond acceptors (Lipinski definition) is 5. The van der Waals surface area contributed by atoms with Gasteiger partial charge in [-0.2, -0.15) is 5.10 Å². The van der Waals surface area contributed by atoms with Gasteiger partial charge in [-0.3, -0.25) is 4.79 Å². The van der Waals surface area contributed by atoms with Gasteiger partial charge in [-0.15, -0.1) is 5.10 Å². The van der Waals surface area contributed by atoms with Crippen molar-refractivity contribution in [3.05, 3.63) is 52.8 Å². The monoisotopic (exact) mass is 333 g/mol. The number of aromatic nitrogens is 2. The average molecular weight is 334 g/mol. The highest BCUT2D eigenvalue weighted by Gasteiger charge is 1.97. The molecule has 0 amide bonds. The Hall–Kier alpha value is -1.98. The molecule has 0 saturated carbocycles. The van der Waals surface area contributed by atoms with Gasteiger partial charge >= 0.3 is 0 Å². The second kappa shape index (κ2) is 9.92. The van der Waals surface area contributed by atoms with E-state index in [1.165, 1.54) is 0 Å². The fourth-order valence-electron chi connectivity index (χ4n) is 2.02. The quantitative estimate of drug-likeness (QED) is 0.534. The predicted molar refractivity (Wildman–Crippen MR) is 89.9 cm³/mol. The van der Waals surface area contributed by atoms with Crippen LogP contribution in [0.4, 0.5) is 0 Å². The fourth-order valence-corrected chi connectivity index (χ4v) is 2.12. The van der Waals surface area contributed by atoms with Gasteiger partial charge in [0.05, 0.1) is 12.3 Å².